The number of nitrogens with zero attached hydrogens (tertiary/aromatic N) is 1. The van der Waals surface area contributed by atoms with Crippen LogP contribution in [-0.2, 0) is 9.59 Å². The molecule has 3 rings (SSSR count). The largest absolute Gasteiger partial charge is 0.490 e. The highest BCUT2D eigenvalue weighted by Gasteiger charge is 2.16. The lowest BCUT2D eigenvalue weighted by Crippen LogP contribution is -2.20. The highest BCUT2D eigenvalue weighted by molar-refractivity contribution is 6.33. The van der Waals surface area contributed by atoms with Crippen molar-refractivity contribution >= 4 is 52.5 Å². The molecule has 0 unspecified atom stereocenters. The number of anilines is 2. The molecule has 0 aliphatic carbocycles. The molecule has 0 radical (unpaired) electrons. The van der Waals surface area contributed by atoms with Gasteiger partial charge in [0, 0.05) is 5.69 Å². The van der Waals surface area contributed by atoms with Crippen molar-refractivity contribution < 1.29 is 19.1 Å². The van der Waals surface area contributed by atoms with E-state index in [0.29, 0.717) is 28.6 Å². The summed E-state index contributed by atoms with van der Waals surface area (Å²) in [5.41, 5.74) is 1.34. The molecule has 2 amide bonds. The third kappa shape index (κ3) is 7.24. The number of rotatable bonds is 9. The fourth-order valence-electron chi connectivity index (χ4n) is 3.00. The van der Waals surface area contributed by atoms with E-state index in [1.165, 1.54) is 12.1 Å². The number of nitriles is 1. The number of amides is 2. The van der Waals surface area contributed by atoms with Crippen molar-refractivity contribution in [3.05, 3.63) is 87.9 Å². The predicted octanol–water partition coefficient (Wildman–Crippen LogP) is 5.96. The molecule has 3 aromatic rings. The molecule has 0 atom stereocenters. The normalized spacial score (nSPS) is 10.7. The molecule has 7 nitrogen and oxygen atoms in total. The van der Waals surface area contributed by atoms with Gasteiger partial charge in [-0.1, -0.05) is 53.5 Å². The second-order valence-corrected chi connectivity index (χ2v) is 7.88. The number of benzene rings is 3. The van der Waals surface area contributed by atoms with Crippen LogP contribution >= 0.6 is 23.2 Å². The van der Waals surface area contributed by atoms with E-state index < -0.39 is 11.8 Å². The second-order valence-electron chi connectivity index (χ2n) is 7.07. The summed E-state index contributed by atoms with van der Waals surface area (Å²) in [6, 6.07) is 20.6. The van der Waals surface area contributed by atoms with Crippen molar-refractivity contribution in [1.82, 2.24) is 0 Å². The first kappa shape index (κ1) is 25.6. The number of hydrogen-bond donors (Lipinski definition) is 2. The van der Waals surface area contributed by atoms with E-state index in [1.807, 2.05) is 12.1 Å². The second kappa shape index (κ2) is 12.5. The molecule has 0 heterocycles. The van der Waals surface area contributed by atoms with Crippen molar-refractivity contribution in [1.29, 1.82) is 5.26 Å². The molecule has 0 saturated carbocycles. The van der Waals surface area contributed by atoms with Gasteiger partial charge in [-0.15, -0.1) is 0 Å². The zero-order valence-electron chi connectivity index (χ0n) is 18.7. The molecule has 0 bridgehead atoms. The molecular formula is C26H21Cl2N3O4. The van der Waals surface area contributed by atoms with Gasteiger partial charge >= 0.3 is 0 Å². The molecule has 0 saturated heterocycles. The Labute approximate surface area is 212 Å². The van der Waals surface area contributed by atoms with Crippen LogP contribution in [0.25, 0.3) is 6.08 Å². The number of carbonyl (C=O) groups excluding carboxylic acids is 2. The Balaban J connectivity index is 1.77. The van der Waals surface area contributed by atoms with Gasteiger partial charge in [0.2, 0.25) is 0 Å². The van der Waals surface area contributed by atoms with Gasteiger partial charge in [0.05, 0.1) is 22.3 Å². The lowest BCUT2D eigenvalue weighted by molar-refractivity contribution is -0.118. The molecule has 0 fully saturated rings. The molecule has 0 aliphatic rings. The average molecular weight is 510 g/mol. The molecule has 9 heteroatoms. The van der Waals surface area contributed by atoms with Gasteiger partial charge in [0.15, 0.2) is 18.1 Å². The summed E-state index contributed by atoms with van der Waals surface area (Å²) in [4.78, 5) is 24.8. The van der Waals surface area contributed by atoms with Crippen LogP contribution in [0, 0.1) is 11.3 Å². The molecule has 178 valence electrons. The quantitative estimate of drug-likeness (QED) is 0.274. The first-order valence-corrected chi connectivity index (χ1v) is 11.3. The third-order valence-electron chi connectivity index (χ3n) is 4.53. The maximum Gasteiger partial charge on any atom is 0.266 e. The van der Waals surface area contributed by atoms with Gasteiger partial charge in [-0.05, 0) is 55.0 Å². The minimum absolute atomic E-state index is 0.125. The van der Waals surface area contributed by atoms with Crippen molar-refractivity contribution in [2.75, 3.05) is 23.8 Å². The van der Waals surface area contributed by atoms with E-state index in [0.717, 1.165) is 0 Å². The van der Waals surface area contributed by atoms with Gasteiger partial charge in [-0.25, -0.2) is 0 Å². The Morgan fingerprint density at radius 2 is 1.69 bits per heavy atom. The van der Waals surface area contributed by atoms with Crippen LogP contribution in [0.5, 0.6) is 11.5 Å². The number of carbonyl (C=O) groups is 2. The van der Waals surface area contributed by atoms with Gasteiger partial charge in [0.1, 0.15) is 11.6 Å². The smallest absolute Gasteiger partial charge is 0.266 e. The predicted molar refractivity (Wildman–Crippen MR) is 137 cm³/mol. The lowest BCUT2D eigenvalue weighted by atomic mass is 10.1. The summed E-state index contributed by atoms with van der Waals surface area (Å²) in [7, 11) is 0. The van der Waals surface area contributed by atoms with E-state index in [1.54, 1.807) is 61.5 Å². The fourth-order valence-corrected chi connectivity index (χ4v) is 3.45. The van der Waals surface area contributed by atoms with Crippen LogP contribution in [0.2, 0.25) is 10.0 Å². The summed E-state index contributed by atoms with van der Waals surface area (Å²) < 4.78 is 11.3. The third-order valence-corrected chi connectivity index (χ3v) is 5.15. The van der Waals surface area contributed by atoms with E-state index in [9.17, 15) is 14.9 Å². The number of halogens is 2. The maximum atomic E-state index is 12.5. The maximum absolute atomic E-state index is 12.5. The summed E-state index contributed by atoms with van der Waals surface area (Å²) in [6.45, 7) is 1.73. The van der Waals surface area contributed by atoms with Gasteiger partial charge < -0.3 is 20.1 Å². The SMILES string of the molecule is CCOc1cc(/C=C(\C#N)C(=O)Nc2ccccc2)cc(Cl)c1OCC(=O)Nc1ccccc1Cl. The molecule has 35 heavy (non-hydrogen) atoms. The van der Waals surface area contributed by atoms with Crippen molar-refractivity contribution in [2.24, 2.45) is 0 Å². The van der Waals surface area contributed by atoms with Gasteiger partial charge in [-0.3, -0.25) is 9.59 Å². The molecule has 0 spiro atoms. The first-order valence-electron chi connectivity index (χ1n) is 10.5. The summed E-state index contributed by atoms with van der Waals surface area (Å²) >= 11 is 12.5. The molecule has 2 N–H and O–H groups in total. The minimum atomic E-state index is -0.565. The average Bonchev–Trinajstić information content (AvgIpc) is 2.84. The van der Waals surface area contributed by atoms with E-state index in [4.69, 9.17) is 32.7 Å². The lowest BCUT2D eigenvalue weighted by Gasteiger charge is -2.15. The summed E-state index contributed by atoms with van der Waals surface area (Å²) in [5, 5.41) is 15.4. The van der Waals surface area contributed by atoms with Crippen molar-refractivity contribution in [3.63, 3.8) is 0 Å². The number of hydrogen-bond acceptors (Lipinski definition) is 5. The molecule has 0 aromatic heterocycles. The Kier molecular flexibility index (Phi) is 9.13. The highest BCUT2D eigenvalue weighted by atomic mass is 35.5. The summed E-state index contributed by atoms with van der Waals surface area (Å²) in [5.74, 6) is -0.584. The van der Waals surface area contributed by atoms with Crippen LogP contribution in [0.3, 0.4) is 0 Å². The number of nitrogens with one attached hydrogen (secondary N) is 2. The Morgan fingerprint density at radius 3 is 2.37 bits per heavy atom. The van der Waals surface area contributed by atoms with E-state index >= 15 is 0 Å². The van der Waals surface area contributed by atoms with E-state index in [2.05, 4.69) is 10.6 Å². The summed E-state index contributed by atoms with van der Waals surface area (Å²) in [6.07, 6.45) is 1.39. The van der Waals surface area contributed by atoms with Crippen LogP contribution < -0.4 is 20.1 Å². The zero-order valence-corrected chi connectivity index (χ0v) is 20.2. The monoisotopic (exact) mass is 509 g/mol. The Bertz CT molecular complexity index is 1290. The highest BCUT2D eigenvalue weighted by Crippen LogP contribution is 2.37. The standard InChI is InChI=1S/C26H21Cl2N3O4/c1-2-34-23-14-17(12-18(15-29)26(33)30-19-8-4-3-5-9-19)13-21(28)25(23)35-16-24(32)31-22-11-7-6-10-20(22)27/h3-14H,2,16H2,1H3,(H,30,33)(H,31,32)/b18-12+. The first-order chi connectivity index (χ1) is 16.9. The number of para-hydroxylation sites is 2. The Morgan fingerprint density at radius 1 is 0.971 bits per heavy atom. The minimum Gasteiger partial charge on any atom is -0.490 e. The van der Waals surface area contributed by atoms with Crippen molar-refractivity contribution in [3.8, 4) is 17.6 Å². The molecular weight excluding hydrogens is 489 g/mol. The molecule has 3 aromatic carbocycles. The van der Waals surface area contributed by atoms with Crippen LogP contribution in [0.1, 0.15) is 12.5 Å². The Hall–Kier alpha value is -3.99. The van der Waals surface area contributed by atoms with Gasteiger partial charge in [-0.2, -0.15) is 5.26 Å². The van der Waals surface area contributed by atoms with Crippen molar-refractivity contribution in [2.45, 2.75) is 6.92 Å². The van der Waals surface area contributed by atoms with Crippen LogP contribution in [-0.4, -0.2) is 25.0 Å². The van der Waals surface area contributed by atoms with Gasteiger partial charge in [0.25, 0.3) is 11.8 Å². The zero-order chi connectivity index (χ0) is 25.2. The molecule has 0 aliphatic heterocycles. The van der Waals surface area contributed by atoms with Crippen LogP contribution in [0.4, 0.5) is 11.4 Å². The van der Waals surface area contributed by atoms with Crippen LogP contribution in [0.15, 0.2) is 72.3 Å². The van der Waals surface area contributed by atoms with E-state index in [-0.39, 0.29) is 28.7 Å². The fraction of sp³-hybridized carbons (Fsp3) is 0.115. The topological polar surface area (TPSA) is 100 Å². The number of ether oxygens (including phenoxy) is 2.